The van der Waals surface area contributed by atoms with Crippen molar-refractivity contribution in [2.24, 2.45) is 4.99 Å². The standard InChI is InChI=1S/C14H22ClN3O2S/c1-16-14(17-6-5-12-3-4-13(15)21-12)18-7-8-20-11(9-18)10-19-2/h3-4,11H,5-10H2,1-2H3,(H,16,17). The lowest BCUT2D eigenvalue weighted by Crippen LogP contribution is -2.51. The van der Waals surface area contributed by atoms with Gasteiger partial charge in [-0.15, -0.1) is 11.3 Å². The van der Waals surface area contributed by atoms with Crippen LogP contribution >= 0.6 is 22.9 Å². The molecule has 1 aliphatic rings. The maximum atomic E-state index is 5.94. The second-order valence-corrected chi connectivity index (χ2v) is 6.62. The molecule has 0 radical (unpaired) electrons. The number of rotatable bonds is 5. The molecule has 1 N–H and O–H groups in total. The predicted molar refractivity (Wildman–Crippen MR) is 87.6 cm³/mol. The summed E-state index contributed by atoms with van der Waals surface area (Å²) in [6.45, 7) is 3.81. The first-order chi connectivity index (χ1) is 10.2. The van der Waals surface area contributed by atoms with Crippen LogP contribution in [-0.2, 0) is 15.9 Å². The molecule has 1 atom stereocenters. The van der Waals surface area contributed by atoms with E-state index < -0.39 is 0 Å². The summed E-state index contributed by atoms with van der Waals surface area (Å²) in [5.41, 5.74) is 0. The van der Waals surface area contributed by atoms with Crippen LogP contribution in [0.2, 0.25) is 4.34 Å². The van der Waals surface area contributed by atoms with Crippen LogP contribution in [0.3, 0.4) is 0 Å². The molecule has 2 heterocycles. The highest BCUT2D eigenvalue weighted by atomic mass is 35.5. The first kappa shape index (κ1) is 16.5. The molecule has 1 aromatic rings. The average molecular weight is 332 g/mol. The van der Waals surface area contributed by atoms with Crippen molar-refractivity contribution in [3.05, 3.63) is 21.3 Å². The maximum Gasteiger partial charge on any atom is 0.193 e. The van der Waals surface area contributed by atoms with Crippen molar-refractivity contribution in [2.45, 2.75) is 12.5 Å². The van der Waals surface area contributed by atoms with Gasteiger partial charge in [0.05, 0.1) is 23.7 Å². The highest BCUT2D eigenvalue weighted by molar-refractivity contribution is 7.16. The van der Waals surface area contributed by atoms with Crippen LogP contribution in [0.5, 0.6) is 0 Å². The number of hydrogen-bond donors (Lipinski definition) is 1. The van der Waals surface area contributed by atoms with Gasteiger partial charge in [0.2, 0.25) is 0 Å². The van der Waals surface area contributed by atoms with Gasteiger partial charge in [0.25, 0.3) is 0 Å². The van der Waals surface area contributed by atoms with Crippen LogP contribution in [0.4, 0.5) is 0 Å². The van der Waals surface area contributed by atoms with E-state index in [-0.39, 0.29) is 6.10 Å². The minimum atomic E-state index is 0.110. The zero-order valence-corrected chi connectivity index (χ0v) is 14.0. The fraction of sp³-hybridized carbons (Fsp3) is 0.643. The van der Waals surface area contributed by atoms with E-state index in [9.17, 15) is 0 Å². The van der Waals surface area contributed by atoms with Gasteiger partial charge in [0, 0.05) is 38.7 Å². The molecular formula is C14H22ClN3O2S. The van der Waals surface area contributed by atoms with Gasteiger partial charge in [-0.1, -0.05) is 11.6 Å². The summed E-state index contributed by atoms with van der Waals surface area (Å²) in [7, 11) is 3.51. The molecule has 1 aromatic heterocycles. The normalized spacial score (nSPS) is 19.9. The number of hydrogen-bond acceptors (Lipinski definition) is 4. The third-order valence-electron chi connectivity index (χ3n) is 3.29. The Hall–Kier alpha value is -0.820. The Bertz CT molecular complexity index is 465. The summed E-state index contributed by atoms with van der Waals surface area (Å²) in [6, 6.07) is 4.01. The number of morpholine rings is 1. The Morgan fingerprint density at radius 2 is 2.48 bits per heavy atom. The van der Waals surface area contributed by atoms with Crippen molar-refractivity contribution < 1.29 is 9.47 Å². The molecule has 2 rings (SSSR count). The van der Waals surface area contributed by atoms with Crippen molar-refractivity contribution in [3.8, 4) is 0 Å². The molecule has 5 nitrogen and oxygen atoms in total. The van der Waals surface area contributed by atoms with Crippen LogP contribution in [0.25, 0.3) is 0 Å². The molecule has 1 unspecified atom stereocenters. The molecule has 0 amide bonds. The Balaban J connectivity index is 1.79. The summed E-state index contributed by atoms with van der Waals surface area (Å²) in [6.07, 6.45) is 1.06. The van der Waals surface area contributed by atoms with E-state index in [1.54, 1.807) is 18.4 Å². The van der Waals surface area contributed by atoms with E-state index in [2.05, 4.69) is 21.3 Å². The summed E-state index contributed by atoms with van der Waals surface area (Å²) in [4.78, 5) is 7.85. The van der Waals surface area contributed by atoms with E-state index >= 15 is 0 Å². The van der Waals surface area contributed by atoms with Crippen LogP contribution in [0, 0.1) is 0 Å². The molecule has 0 spiro atoms. The number of thiophene rings is 1. The van der Waals surface area contributed by atoms with E-state index in [1.807, 2.05) is 13.1 Å². The Labute approximate surface area is 134 Å². The molecule has 0 aliphatic carbocycles. The monoisotopic (exact) mass is 331 g/mol. The molecule has 1 fully saturated rings. The largest absolute Gasteiger partial charge is 0.382 e. The second kappa shape index (κ2) is 8.58. The third-order valence-corrected chi connectivity index (χ3v) is 4.58. The van der Waals surface area contributed by atoms with E-state index in [0.29, 0.717) is 13.2 Å². The number of aliphatic imine (C=N–C) groups is 1. The molecule has 0 aromatic carbocycles. The number of halogens is 1. The number of methoxy groups -OCH3 is 1. The lowest BCUT2D eigenvalue weighted by molar-refractivity contribution is -0.0447. The van der Waals surface area contributed by atoms with Crippen LogP contribution < -0.4 is 5.32 Å². The summed E-state index contributed by atoms with van der Waals surface area (Å²) >= 11 is 7.56. The third kappa shape index (κ3) is 5.14. The fourth-order valence-corrected chi connectivity index (χ4v) is 3.40. The van der Waals surface area contributed by atoms with E-state index in [1.165, 1.54) is 4.88 Å². The summed E-state index contributed by atoms with van der Waals surface area (Å²) in [5, 5.41) is 3.40. The molecule has 1 aliphatic heterocycles. The van der Waals surface area contributed by atoms with Gasteiger partial charge in [-0.3, -0.25) is 4.99 Å². The van der Waals surface area contributed by atoms with Gasteiger partial charge in [0.15, 0.2) is 5.96 Å². The second-order valence-electron chi connectivity index (χ2n) is 4.82. The molecule has 118 valence electrons. The van der Waals surface area contributed by atoms with Gasteiger partial charge in [-0.05, 0) is 18.6 Å². The SMILES string of the molecule is CN=C(NCCc1ccc(Cl)s1)N1CCOC(COC)C1. The lowest BCUT2D eigenvalue weighted by Gasteiger charge is -2.34. The van der Waals surface area contributed by atoms with Gasteiger partial charge in [-0.2, -0.15) is 0 Å². The van der Waals surface area contributed by atoms with Crippen molar-refractivity contribution in [1.82, 2.24) is 10.2 Å². The van der Waals surface area contributed by atoms with Crippen molar-refractivity contribution in [2.75, 3.05) is 47.0 Å². The predicted octanol–water partition coefficient (Wildman–Crippen LogP) is 1.87. The molecular weight excluding hydrogens is 310 g/mol. The molecule has 0 bridgehead atoms. The van der Waals surface area contributed by atoms with Crippen LogP contribution in [-0.4, -0.2) is 64.0 Å². The highest BCUT2D eigenvalue weighted by Crippen LogP contribution is 2.21. The molecule has 21 heavy (non-hydrogen) atoms. The van der Waals surface area contributed by atoms with Crippen molar-refractivity contribution in [1.29, 1.82) is 0 Å². The van der Waals surface area contributed by atoms with Crippen molar-refractivity contribution >= 4 is 28.9 Å². The van der Waals surface area contributed by atoms with Gasteiger partial charge >= 0.3 is 0 Å². The minimum Gasteiger partial charge on any atom is -0.382 e. The topological polar surface area (TPSA) is 46.1 Å². The minimum absolute atomic E-state index is 0.110. The molecule has 7 heteroatoms. The first-order valence-corrected chi connectivity index (χ1v) is 8.22. The number of ether oxygens (including phenoxy) is 2. The number of guanidine groups is 1. The average Bonchev–Trinajstić information content (AvgIpc) is 2.90. The van der Waals surface area contributed by atoms with Crippen LogP contribution in [0.1, 0.15) is 4.88 Å². The molecule has 0 saturated carbocycles. The van der Waals surface area contributed by atoms with Crippen LogP contribution in [0.15, 0.2) is 17.1 Å². The maximum absolute atomic E-state index is 5.94. The van der Waals surface area contributed by atoms with Gasteiger partial charge in [0.1, 0.15) is 0 Å². The van der Waals surface area contributed by atoms with Crippen molar-refractivity contribution in [3.63, 3.8) is 0 Å². The fourth-order valence-electron chi connectivity index (χ4n) is 2.31. The summed E-state index contributed by atoms with van der Waals surface area (Å²) in [5.74, 6) is 0.919. The quantitative estimate of drug-likeness (QED) is 0.661. The highest BCUT2D eigenvalue weighted by Gasteiger charge is 2.22. The Morgan fingerprint density at radius 1 is 1.62 bits per heavy atom. The Kier molecular flexibility index (Phi) is 6.76. The first-order valence-electron chi connectivity index (χ1n) is 7.03. The van der Waals surface area contributed by atoms with Gasteiger partial charge < -0.3 is 19.7 Å². The number of nitrogens with one attached hydrogen (secondary N) is 1. The van der Waals surface area contributed by atoms with Gasteiger partial charge in [-0.25, -0.2) is 0 Å². The number of nitrogens with zero attached hydrogens (tertiary/aromatic N) is 2. The van der Waals surface area contributed by atoms with E-state index in [0.717, 1.165) is 36.4 Å². The zero-order chi connectivity index (χ0) is 15.1. The zero-order valence-electron chi connectivity index (χ0n) is 12.5. The summed E-state index contributed by atoms with van der Waals surface area (Å²) < 4.78 is 11.7. The van der Waals surface area contributed by atoms with E-state index in [4.69, 9.17) is 21.1 Å². The molecule has 1 saturated heterocycles. The Morgan fingerprint density at radius 3 is 3.14 bits per heavy atom. The smallest absolute Gasteiger partial charge is 0.193 e. The lowest BCUT2D eigenvalue weighted by atomic mass is 10.3.